The molecule has 0 bridgehead atoms. The van der Waals surface area contributed by atoms with E-state index < -0.39 is 0 Å². The van der Waals surface area contributed by atoms with Gasteiger partial charge in [-0.25, -0.2) is 0 Å². The van der Waals surface area contributed by atoms with Crippen molar-refractivity contribution in [2.24, 2.45) is 5.92 Å². The molecule has 2 aliphatic rings. The summed E-state index contributed by atoms with van der Waals surface area (Å²) in [5, 5.41) is 0. The lowest BCUT2D eigenvalue weighted by Gasteiger charge is -2.32. The van der Waals surface area contributed by atoms with Crippen molar-refractivity contribution in [3.63, 3.8) is 0 Å². The van der Waals surface area contributed by atoms with Gasteiger partial charge in [0, 0.05) is 19.5 Å². The van der Waals surface area contributed by atoms with Crippen LogP contribution < -0.4 is 9.47 Å². The molecule has 0 N–H and O–H groups in total. The number of nitrogens with zero attached hydrogens (tertiary/aromatic N) is 1. The largest absolute Gasteiger partial charge is 0.486 e. The summed E-state index contributed by atoms with van der Waals surface area (Å²) in [7, 11) is 0. The van der Waals surface area contributed by atoms with Gasteiger partial charge in [0.1, 0.15) is 13.2 Å². The number of aryl methyl sites for hydroxylation is 3. The summed E-state index contributed by atoms with van der Waals surface area (Å²) in [5.74, 6) is 2.62. The zero-order chi connectivity index (χ0) is 20.1. The van der Waals surface area contributed by atoms with Gasteiger partial charge in [0.25, 0.3) is 0 Å². The highest BCUT2D eigenvalue weighted by atomic mass is 16.6. The van der Waals surface area contributed by atoms with Crippen LogP contribution in [0.3, 0.4) is 0 Å². The predicted molar refractivity (Wildman–Crippen MR) is 115 cm³/mol. The van der Waals surface area contributed by atoms with E-state index in [0.717, 1.165) is 61.8 Å². The van der Waals surface area contributed by atoms with Crippen LogP contribution in [0.15, 0.2) is 42.5 Å². The Labute approximate surface area is 173 Å². The average molecular weight is 394 g/mol. The summed E-state index contributed by atoms with van der Waals surface area (Å²) in [6.45, 7) is 5.13. The van der Waals surface area contributed by atoms with Gasteiger partial charge in [-0.2, -0.15) is 0 Å². The van der Waals surface area contributed by atoms with Gasteiger partial charge in [-0.15, -0.1) is 0 Å². The van der Waals surface area contributed by atoms with E-state index >= 15 is 0 Å². The quantitative estimate of drug-likeness (QED) is 0.722. The van der Waals surface area contributed by atoms with Crippen molar-refractivity contribution >= 4 is 5.91 Å². The molecule has 0 atom stereocenters. The number of piperidine rings is 1. The molecule has 1 fully saturated rings. The maximum atomic E-state index is 12.6. The molecule has 0 aromatic heterocycles. The predicted octanol–water partition coefficient (Wildman–Crippen LogP) is 4.57. The van der Waals surface area contributed by atoms with E-state index in [1.807, 2.05) is 18.2 Å². The molecular weight excluding hydrogens is 362 g/mol. The molecule has 154 valence electrons. The minimum Gasteiger partial charge on any atom is -0.486 e. The van der Waals surface area contributed by atoms with Crippen LogP contribution in [-0.4, -0.2) is 37.1 Å². The second-order valence-electron chi connectivity index (χ2n) is 8.33. The third-order valence-electron chi connectivity index (χ3n) is 6.16. The minimum atomic E-state index is 0.275. The summed E-state index contributed by atoms with van der Waals surface area (Å²) in [6.07, 6.45) is 5.94. The van der Waals surface area contributed by atoms with Crippen molar-refractivity contribution in [1.29, 1.82) is 0 Å². The van der Waals surface area contributed by atoms with Crippen LogP contribution in [0.2, 0.25) is 0 Å². The molecule has 0 radical (unpaired) electrons. The van der Waals surface area contributed by atoms with Crippen molar-refractivity contribution < 1.29 is 14.3 Å². The van der Waals surface area contributed by atoms with Crippen LogP contribution in [-0.2, 0) is 17.6 Å². The Morgan fingerprint density at radius 1 is 0.931 bits per heavy atom. The molecule has 2 heterocycles. The summed E-state index contributed by atoms with van der Waals surface area (Å²) < 4.78 is 11.2. The molecule has 0 saturated carbocycles. The smallest absolute Gasteiger partial charge is 0.222 e. The second kappa shape index (κ2) is 9.34. The first-order valence-corrected chi connectivity index (χ1v) is 10.9. The molecule has 2 aromatic rings. The summed E-state index contributed by atoms with van der Waals surface area (Å²) >= 11 is 0. The number of rotatable bonds is 6. The fourth-order valence-corrected chi connectivity index (χ4v) is 4.25. The van der Waals surface area contributed by atoms with E-state index in [4.69, 9.17) is 9.47 Å². The first kappa shape index (κ1) is 19.8. The normalized spacial score (nSPS) is 16.7. The van der Waals surface area contributed by atoms with Gasteiger partial charge < -0.3 is 14.4 Å². The third-order valence-corrected chi connectivity index (χ3v) is 6.16. The molecule has 4 rings (SSSR count). The van der Waals surface area contributed by atoms with Crippen LogP contribution in [0, 0.1) is 12.8 Å². The van der Waals surface area contributed by atoms with E-state index in [-0.39, 0.29) is 5.91 Å². The minimum absolute atomic E-state index is 0.275. The van der Waals surface area contributed by atoms with Crippen LogP contribution in [0.25, 0.3) is 0 Å². The lowest BCUT2D eigenvalue weighted by Crippen LogP contribution is -2.38. The first-order valence-electron chi connectivity index (χ1n) is 10.9. The van der Waals surface area contributed by atoms with E-state index in [0.29, 0.717) is 19.6 Å². The van der Waals surface area contributed by atoms with Gasteiger partial charge in [-0.1, -0.05) is 35.9 Å². The van der Waals surface area contributed by atoms with E-state index in [1.165, 1.54) is 17.5 Å². The van der Waals surface area contributed by atoms with Gasteiger partial charge in [0.15, 0.2) is 11.5 Å². The van der Waals surface area contributed by atoms with E-state index in [1.54, 1.807) is 0 Å². The third kappa shape index (κ3) is 5.31. The monoisotopic (exact) mass is 393 g/mol. The molecule has 0 spiro atoms. The van der Waals surface area contributed by atoms with Gasteiger partial charge in [0.05, 0.1) is 0 Å². The molecule has 0 aliphatic carbocycles. The SMILES string of the molecule is Cc1ccc(CCC2CCN(C(=O)CCc3ccc4c(c3)OCCO4)CC2)cc1. The van der Waals surface area contributed by atoms with Crippen molar-refractivity contribution in [2.45, 2.75) is 45.4 Å². The summed E-state index contributed by atoms with van der Waals surface area (Å²) in [6, 6.07) is 14.9. The van der Waals surface area contributed by atoms with Crippen molar-refractivity contribution in [1.82, 2.24) is 4.90 Å². The van der Waals surface area contributed by atoms with Gasteiger partial charge >= 0.3 is 0 Å². The molecular formula is C25H31NO3. The van der Waals surface area contributed by atoms with Gasteiger partial charge in [-0.3, -0.25) is 4.79 Å². The number of hydrogen-bond donors (Lipinski definition) is 0. The number of carbonyl (C=O) groups is 1. The standard InChI is InChI=1S/C25H31NO3/c1-19-2-4-20(5-3-19)6-7-21-12-14-26(15-13-21)25(27)11-9-22-8-10-23-24(18-22)29-17-16-28-23/h2-5,8,10,18,21H,6-7,9,11-17H2,1H3. The maximum Gasteiger partial charge on any atom is 0.222 e. The van der Waals surface area contributed by atoms with E-state index in [9.17, 15) is 4.79 Å². The van der Waals surface area contributed by atoms with E-state index in [2.05, 4.69) is 36.1 Å². The highest BCUT2D eigenvalue weighted by molar-refractivity contribution is 5.76. The Kier molecular flexibility index (Phi) is 6.38. The second-order valence-corrected chi connectivity index (χ2v) is 8.33. The highest BCUT2D eigenvalue weighted by Gasteiger charge is 2.22. The summed E-state index contributed by atoms with van der Waals surface area (Å²) in [4.78, 5) is 14.7. The lowest BCUT2D eigenvalue weighted by molar-refractivity contribution is -0.132. The Balaban J connectivity index is 1.19. The molecule has 2 aliphatic heterocycles. The summed E-state index contributed by atoms with van der Waals surface area (Å²) in [5.41, 5.74) is 3.88. The van der Waals surface area contributed by atoms with Gasteiger partial charge in [-0.05, 0) is 68.2 Å². The van der Waals surface area contributed by atoms with Crippen molar-refractivity contribution in [2.75, 3.05) is 26.3 Å². The number of carbonyl (C=O) groups excluding carboxylic acids is 1. The van der Waals surface area contributed by atoms with Crippen molar-refractivity contribution in [3.8, 4) is 11.5 Å². The Morgan fingerprint density at radius 2 is 1.62 bits per heavy atom. The molecule has 4 nitrogen and oxygen atoms in total. The topological polar surface area (TPSA) is 38.8 Å². The number of benzene rings is 2. The van der Waals surface area contributed by atoms with Crippen LogP contribution in [0.1, 0.15) is 42.4 Å². The molecule has 2 aromatic carbocycles. The fourth-order valence-electron chi connectivity index (χ4n) is 4.25. The number of ether oxygens (including phenoxy) is 2. The van der Waals surface area contributed by atoms with Crippen LogP contribution >= 0.6 is 0 Å². The molecule has 0 unspecified atom stereocenters. The Bertz CT molecular complexity index is 822. The number of amides is 1. The molecule has 29 heavy (non-hydrogen) atoms. The molecule has 1 saturated heterocycles. The Hall–Kier alpha value is -2.49. The maximum absolute atomic E-state index is 12.6. The number of fused-ring (bicyclic) bond motifs is 1. The van der Waals surface area contributed by atoms with Crippen molar-refractivity contribution in [3.05, 3.63) is 59.2 Å². The van der Waals surface area contributed by atoms with Crippen LogP contribution in [0.4, 0.5) is 0 Å². The number of hydrogen-bond acceptors (Lipinski definition) is 3. The lowest BCUT2D eigenvalue weighted by atomic mass is 9.90. The molecule has 4 heteroatoms. The van der Waals surface area contributed by atoms with Gasteiger partial charge in [0.2, 0.25) is 5.91 Å². The van der Waals surface area contributed by atoms with Crippen LogP contribution in [0.5, 0.6) is 11.5 Å². The zero-order valence-electron chi connectivity index (χ0n) is 17.4. The average Bonchev–Trinajstić information content (AvgIpc) is 2.77. The first-order chi connectivity index (χ1) is 14.2. The molecule has 1 amide bonds. The fraction of sp³-hybridized carbons (Fsp3) is 0.480. The Morgan fingerprint density at radius 3 is 2.38 bits per heavy atom. The zero-order valence-corrected chi connectivity index (χ0v) is 17.4. The highest BCUT2D eigenvalue weighted by Crippen LogP contribution is 2.31. The number of likely N-dealkylation sites (tertiary alicyclic amines) is 1.